The summed E-state index contributed by atoms with van der Waals surface area (Å²) in [5, 5.41) is 18.6. The van der Waals surface area contributed by atoms with Gasteiger partial charge in [0.15, 0.2) is 6.10 Å². The van der Waals surface area contributed by atoms with Gasteiger partial charge in [-0.25, -0.2) is 0 Å². The minimum Gasteiger partial charge on any atom is -0.463 e. The van der Waals surface area contributed by atoms with Crippen molar-refractivity contribution in [2.24, 2.45) is 35.5 Å². The number of allylic oxidation sites excluding steroid dienone is 12. The number of rotatable bonds is 54. The predicted molar refractivity (Wildman–Crippen MR) is 350 cm³/mol. The van der Waals surface area contributed by atoms with E-state index in [9.17, 15) is 43.5 Å². The quantitative estimate of drug-likeness (QED) is 0.0189. The highest BCUT2D eigenvalue weighted by Crippen LogP contribution is 2.29. The SMILES string of the molecule is CCCCCCCCC(/C=C/CCCCCCC(=O)OC(COC(=O)CCCCCCC/C=C\C=C\C(CCCCC)C(C)C(=O)OCC(O)CO)COC(=O)CCCCCCC/C=C\C/C=C\C=C\C(CC)C1CC(=O)OCOC1=O)C1CC(=O)OCOC1=O. The van der Waals surface area contributed by atoms with E-state index in [1.54, 1.807) is 0 Å². The average molecular weight is 1280 g/mol. The zero-order valence-electron chi connectivity index (χ0n) is 56.0. The molecule has 2 aliphatic rings. The van der Waals surface area contributed by atoms with Gasteiger partial charge in [-0.1, -0.05) is 210 Å². The summed E-state index contributed by atoms with van der Waals surface area (Å²) in [6.07, 6.45) is 50.7. The Bertz CT molecular complexity index is 2200. The van der Waals surface area contributed by atoms with E-state index >= 15 is 0 Å². The molecule has 18 heteroatoms. The Balaban J connectivity index is 1.81. The molecule has 0 aromatic rings. The number of hydrogen-bond donors (Lipinski definition) is 2. The molecule has 2 rings (SSSR count). The first-order valence-corrected chi connectivity index (χ1v) is 34.8. The lowest BCUT2D eigenvalue weighted by Gasteiger charge is -2.20. The van der Waals surface area contributed by atoms with Crippen LogP contribution in [0.1, 0.15) is 252 Å². The van der Waals surface area contributed by atoms with E-state index in [0.717, 1.165) is 148 Å². The minimum atomic E-state index is -1.09. The van der Waals surface area contributed by atoms with Gasteiger partial charge in [0, 0.05) is 19.3 Å². The molecule has 0 aromatic carbocycles. The van der Waals surface area contributed by atoms with Gasteiger partial charge < -0.3 is 48.1 Å². The smallest absolute Gasteiger partial charge is 0.313 e. The molecule has 0 spiro atoms. The fraction of sp³-hybridized carbons (Fsp3) is 0.726. The van der Waals surface area contributed by atoms with Gasteiger partial charge in [0.25, 0.3) is 0 Å². The first-order valence-electron chi connectivity index (χ1n) is 34.8. The number of carbonyl (C=O) groups excluding carboxylic acids is 8. The van der Waals surface area contributed by atoms with Gasteiger partial charge in [-0.05, 0) is 101 Å². The van der Waals surface area contributed by atoms with E-state index < -0.39 is 72.4 Å². The summed E-state index contributed by atoms with van der Waals surface area (Å²) in [4.78, 5) is 101. The lowest BCUT2D eigenvalue weighted by Crippen LogP contribution is -2.30. The molecule has 0 bridgehead atoms. The molecular weight excluding hydrogens is 1160 g/mol. The Morgan fingerprint density at radius 2 is 0.978 bits per heavy atom. The number of hydrogen-bond acceptors (Lipinski definition) is 18. The molecule has 0 amide bonds. The van der Waals surface area contributed by atoms with E-state index in [1.165, 1.54) is 19.3 Å². The minimum absolute atomic E-state index is 0.0000793. The molecule has 0 aromatic heterocycles. The second-order valence-corrected chi connectivity index (χ2v) is 24.3. The monoisotopic (exact) mass is 1280 g/mol. The summed E-state index contributed by atoms with van der Waals surface area (Å²) in [7, 11) is 0. The topological polar surface area (TPSA) is 251 Å². The molecule has 0 saturated carbocycles. The Labute approximate surface area is 545 Å². The van der Waals surface area contributed by atoms with Gasteiger partial charge in [0.1, 0.15) is 25.9 Å². The van der Waals surface area contributed by atoms with Gasteiger partial charge in [0.2, 0.25) is 13.6 Å². The molecule has 2 N–H and O–H groups in total. The van der Waals surface area contributed by atoms with Gasteiger partial charge in [-0.15, -0.1) is 0 Å². The van der Waals surface area contributed by atoms with Crippen LogP contribution in [0.2, 0.25) is 0 Å². The summed E-state index contributed by atoms with van der Waals surface area (Å²) in [6.45, 7) is 6.34. The molecule has 8 unspecified atom stereocenters. The van der Waals surface area contributed by atoms with E-state index in [4.69, 9.17) is 43.0 Å². The third-order valence-electron chi connectivity index (χ3n) is 16.6. The van der Waals surface area contributed by atoms with Crippen LogP contribution in [0.25, 0.3) is 0 Å². The maximum Gasteiger partial charge on any atom is 0.313 e. The van der Waals surface area contributed by atoms with Crippen molar-refractivity contribution in [1.82, 2.24) is 0 Å². The van der Waals surface area contributed by atoms with Crippen LogP contribution in [0, 0.1) is 35.5 Å². The number of cyclic esters (lactones) is 4. The molecule has 2 saturated heterocycles. The van der Waals surface area contributed by atoms with Crippen molar-refractivity contribution in [2.45, 2.75) is 265 Å². The number of unbranched alkanes of at least 4 members (excludes halogenated alkanes) is 21. The number of aliphatic hydroxyl groups excluding tert-OH is 2. The highest BCUT2D eigenvalue weighted by molar-refractivity contribution is 5.82. The fourth-order valence-corrected chi connectivity index (χ4v) is 10.8. The molecule has 0 aliphatic carbocycles. The highest BCUT2D eigenvalue weighted by atomic mass is 16.7. The van der Waals surface area contributed by atoms with Crippen LogP contribution < -0.4 is 0 Å². The third-order valence-corrected chi connectivity index (χ3v) is 16.6. The summed E-state index contributed by atoms with van der Waals surface area (Å²) in [5.74, 6) is -5.01. The second kappa shape index (κ2) is 54.7. The third kappa shape index (κ3) is 42.1. The van der Waals surface area contributed by atoms with Crippen LogP contribution in [0.4, 0.5) is 0 Å². The Morgan fingerprint density at radius 1 is 0.495 bits per heavy atom. The number of ether oxygens (including phenoxy) is 8. The van der Waals surface area contributed by atoms with Gasteiger partial charge in [0.05, 0.1) is 37.2 Å². The molecule has 2 fully saturated rings. The van der Waals surface area contributed by atoms with Crippen LogP contribution in [0.15, 0.2) is 72.9 Å². The van der Waals surface area contributed by atoms with Crippen molar-refractivity contribution in [3.05, 3.63) is 72.9 Å². The van der Waals surface area contributed by atoms with Gasteiger partial charge in [-0.2, -0.15) is 0 Å². The lowest BCUT2D eigenvalue weighted by molar-refractivity contribution is -0.167. The molecular formula is C73H116O18. The molecule has 8 atom stereocenters. The summed E-state index contributed by atoms with van der Waals surface area (Å²) in [6, 6.07) is 0. The Hall–Kier alpha value is -5.88. The van der Waals surface area contributed by atoms with Crippen molar-refractivity contribution in [2.75, 3.05) is 40.0 Å². The molecule has 2 heterocycles. The molecule has 2 aliphatic heterocycles. The van der Waals surface area contributed by atoms with E-state index in [0.29, 0.717) is 25.7 Å². The second-order valence-electron chi connectivity index (χ2n) is 24.3. The molecule has 0 radical (unpaired) electrons. The number of aliphatic hydroxyl groups is 2. The Kier molecular flexibility index (Phi) is 48.8. The standard InChI is InChI=1S/C73H116O18/c1-5-8-10-11-27-37-45-61(65-51-70(80)88-57-90-73(65)83)46-38-30-25-26-33-41-49-68(78)91-63(54-84-66(76)47-39-31-23-19-15-13-12-14-17-21-28-35-42-59(7-3)64-50-69(79)87-56-89-72(64)82)55-85-67(77)48-40-32-24-20-16-18-22-29-36-44-60(43-34-9-6-2)58(4)71(81)86-53-62(75)52-74/h12,14,21-22,28-29,35-36,38,42,44,46,58-65,74-75H,5-11,13,15-20,23-27,30-34,37,39-41,43,45,47-57H2,1-4H3/b14-12-,28-21-,29-22-,42-35+,44-36+,46-38+. The lowest BCUT2D eigenvalue weighted by atomic mass is 9.84. The maximum atomic E-state index is 13.1. The van der Waals surface area contributed by atoms with E-state index in [2.05, 4.69) is 44.2 Å². The highest BCUT2D eigenvalue weighted by Gasteiger charge is 2.34. The molecule has 91 heavy (non-hydrogen) atoms. The summed E-state index contributed by atoms with van der Waals surface area (Å²) < 4.78 is 42.2. The van der Waals surface area contributed by atoms with Crippen LogP contribution in [-0.2, 0) is 76.3 Å². The maximum absolute atomic E-state index is 13.1. The van der Waals surface area contributed by atoms with E-state index in [-0.39, 0.29) is 95.2 Å². The first kappa shape index (κ1) is 81.2. The number of carbonyl (C=O) groups is 8. The van der Waals surface area contributed by atoms with Crippen LogP contribution in [0.3, 0.4) is 0 Å². The zero-order valence-corrected chi connectivity index (χ0v) is 56.0. The Morgan fingerprint density at radius 3 is 1.56 bits per heavy atom. The van der Waals surface area contributed by atoms with Gasteiger partial charge in [-0.3, -0.25) is 38.4 Å². The first-order chi connectivity index (χ1) is 44.2. The largest absolute Gasteiger partial charge is 0.463 e. The van der Waals surface area contributed by atoms with Crippen molar-refractivity contribution in [1.29, 1.82) is 0 Å². The van der Waals surface area contributed by atoms with Crippen molar-refractivity contribution in [3.63, 3.8) is 0 Å². The summed E-state index contributed by atoms with van der Waals surface area (Å²) in [5.41, 5.74) is 0. The van der Waals surface area contributed by atoms with Crippen LogP contribution in [0.5, 0.6) is 0 Å². The van der Waals surface area contributed by atoms with Crippen molar-refractivity contribution in [3.8, 4) is 0 Å². The van der Waals surface area contributed by atoms with E-state index in [1.807, 2.05) is 56.4 Å². The molecule has 516 valence electrons. The van der Waals surface area contributed by atoms with Gasteiger partial charge >= 0.3 is 47.8 Å². The van der Waals surface area contributed by atoms with Crippen molar-refractivity contribution < 1.29 is 86.5 Å². The van der Waals surface area contributed by atoms with Crippen LogP contribution in [-0.4, -0.2) is 110 Å². The molecule has 18 nitrogen and oxygen atoms in total. The average Bonchev–Trinajstić information content (AvgIpc) is 2.82. The van der Waals surface area contributed by atoms with Crippen LogP contribution >= 0.6 is 0 Å². The van der Waals surface area contributed by atoms with Crippen molar-refractivity contribution >= 4 is 47.8 Å². The number of esters is 8. The zero-order chi connectivity index (χ0) is 66.4. The fourth-order valence-electron chi connectivity index (χ4n) is 10.8. The normalized spacial score (nSPS) is 17.8. The predicted octanol–water partition coefficient (Wildman–Crippen LogP) is 14.8. The summed E-state index contributed by atoms with van der Waals surface area (Å²) >= 11 is 0.